The van der Waals surface area contributed by atoms with Crippen LogP contribution in [0.4, 0.5) is 15.2 Å². The second-order valence-electron chi connectivity index (χ2n) is 6.57. The van der Waals surface area contributed by atoms with Crippen LogP contribution >= 0.6 is 11.3 Å². The summed E-state index contributed by atoms with van der Waals surface area (Å²) in [6, 6.07) is 13.7. The summed E-state index contributed by atoms with van der Waals surface area (Å²) in [7, 11) is 1.71. The Morgan fingerprint density at radius 2 is 2.04 bits per heavy atom. The fourth-order valence-electron chi connectivity index (χ4n) is 3.32. The molecule has 0 saturated heterocycles. The molecule has 1 aliphatic rings. The summed E-state index contributed by atoms with van der Waals surface area (Å²) in [4.78, 5) is 26.5. The van der Waals surface area contributed by atoms with E-state index in [0.29, 0.717) is 16.6 Å². The van der Waals surface area contributed by atoms with Crippen LogP contribution in [0.15, 0.2) is 48.5 Å². The van der Waals surface area contributed by atoms with Gasteiger partial charge in [0.1, 0.15) is 10.8 Å². The minimum absolute atomic E-state index is 0.0407. The quantitative estimate of drug-likeness (QED) is 0.718. The predicted octanol–water partition coefficient (Wildman–Crippen LogP) is 3.36. The van der Waals surface area contributed by atoms with E-state index >= 15 is 0 Å². The molecule has 0 saturated carbocycles. The Morgan fingerprint density at radius 1 is 1.21 bits per heavy atom. The third-order valence-corrected chi connectivity index (χ3v) is 5.49. The first-order chi connectivity index (χ1) is 13.5. The molecule has 4 rings (SSSR count). The molecule has 0 fully saturated rings. The van der Waals surface area contributed by atoms with Crippen molar-refractivity contribution < 1.29 is 14.0 Å². The van der Waals surface area contributed by atoms with E-state index in [1.54, 1.807) is 18.0 Å². The Labute approximate surface area is 165 Å². The zero-order chi connectivity index (χ0) is 19.7. The van der Waals surface area contributed by atoms with Crippen LogP contribution in [-0.4, -0.2) is 29.1 Å². The lowest BCUT2D eigenvalue weighted by atomic mass is 9.97. The number of likely N-dealkylation sites (N-methyl/N-ethyl adjacent to an activating group) is 1. The van der Waals surface area contributed by atoms with Crippen LogP contribution in [0.1, 0.15) is 28.5 Å². The zero-order valence-corrected chi connectivity index (χ0v) is 15.9. The van der Waals surface area contributed by atoms with Gasteiger partial charge < -0.3 is 10.2 Å². The molecule has 3 aromatic rings. The molecule has 28 heavy (non-hydrogen) atoms. The molecular formula is C20H17FN4O2S. The van der Waals surface area contributed by atoms with Gasteiger partial charge in [-0.3, -0.25) is 9.59 Å². The molecule has 1 aromatic heterocycles. The van der Waals surface area contributed by atoms with Gasteiger partial charge in [-0.15, -0.1) is 10.2 Å². The van der Waals surface area contributed by atoms with Crippen molar-refractivity contribution in [3.63, 3.8) is 0 Å². The molecule has 2 amide bonds. The van der Waals surface area contributed by atoms with E-state index in [1.165, 1.54) is 23.5 Å². The fourth-order valence-corrected chi connectivity index (χ4v) is 4.11. The summed E-state index contributed by atoms with van der Waals surface area (Å²) in [6.07, 6.45) is 0.476. The van der Waals surface area contributed by atoms with E-state index in [-0.39, 0.29) is 24.1 Å². The number of aromatic nitrogens is 2. The van der Waals surface area contributed by atoms with Gasteiger partial charge in [-0.25, -0.2) is 4.39 Å². The Morgan fingerprint density at radius 3 is 2.86 bits per heavy atom. The van der Waals surface area contributed by atoms with Gasteiger partial charge in [0.15, 0.2) is 0 Å². The van der Waals surface area contributed by atoms with Crippen molar-refractivity contribution in [1.82, 2.24) is 10.2 Å². The number of benzene rings is 2. The van der Waals surface area contributed by atoms with Gasteiger partial charge in [0.2, 0.25) is 16.9 Å². The molecule has 2 aromatic carbocycles. The van der Waals surface area contributed by atoms with E-state index in [4.69, 9.17) is 0 Å². The standard InChI is InChI=1S/C20H17FN4O2S/c1-25-16-8-3-2-7-14(16)15(19(25)27)11-17(26)22-20-24-23-18(28-20)10-12-5-4-6-13(21)9-12/h2-9,15H,10-11H2,1H3,(H,22,24,26)/t15-/m1/s1. The third kappa shape index (κ3) is 3.63. The van der Waals surface area contributed by atoms with Gasteiger partial charge in [0.25, 0.3) is 0 Å². The van der Waals surface area contributed by atoms with Gasteiger partial charge in [0, 0.05) is 25.6 Å². The van der Waals surface area contributed by atoms with Gasteiger partial charge in [-0.05, 0) is 29.3 Å². The van der Waals surface area contributed by atoms with Gasteiger partial charge in [-0.2, -0.15) is 0 Å². The van der Waals surface area contributed by atoms with Crippen LogP contribution in [0, 0.1) is 5.82 Å². The summed E-state index contributed by atoms with van der Waals surface area (Å²) in [5, 5.41) is 11.8. The first kappa shape index (κ1) is 18.2. The highest BCUT2D eigenvalue weighted by molar-refractivity contribution is 7.15. The number of para-hydroxylation sites is 1. The van der Waals surface area contributed by atoms with Gasteiger partial charge >= 0.3 is 0 Å². The maximum Gasteiger partial charge on any atom is 0.234 e. The highest BCUT2D eigenvalue weighted by atomic mass is 32.1. The number of nitrogens with zero attached hydrogens (tertiary/aromatic N) is 3. The van der Waals surface area contributed by atoms with Crippen molar-refractivity contribution in [1.29, 1.82) is 0 Å². The normalized spacial score (nSPS) is 15.6. The second kappa shape index (κ2) is 7.47. The maximum atomic E-state index is 13.3. The van der Waals surface area contributed by atoms with E-state index in [1.807, 2.05) is 30.3 Å². The molecule has 0 radical (unpaired) electrons. The minimum atomic E-state index is -0.499. The number of nitrogens with one attached hydrogen (secondary N) is 1. The average molecular weight is 396 g/mol. The number of fused-ring (bicyclic) bond motifs is 1. The minimum Gasteiger partial charge on any atom is -0.315 e. The molecule has 1 N–H and O–H groups in total. The lowest BCUT2D eigenvalue weighted by Gasteiger charge is -2.10. The number of hydrogen-bond donors (Lipinski definition) is 1. The molecule has 6 nitrogen and oxygen atoms in total. The van der Waals surface area contributed by atoms with Crippen molar-refractivity contribution in [3.05, 3.63) is 70.5 Å². The number of halogens is 1. The van der Waals surface area contributed by atoms with Crippen molar-refractivity contribution in [3.8, 4) is 0 Å². The van der Waals surface area contributed by atoms with Crippen molar-refractivity contribution in [2.75, 3.05) is 17.3 Å². The highest BCUT2D eigenvalue weighted by Crippen LogP contribution is 2.38. The van der Waals surface area contributed by atoms with Crippen LogP contribution in [0.5, 0.6) is 0 Å². The number of amides is 2. The second-order valence-corrected chi connectivity index (χ2v) is 7.63. The fraction of sp³-hybridized carbons (Fsp3) is 0.200. The summed E-state index contributed by atoms with van der Waals surface area (Å²) in [6.45, 7) is 0. The Hall–Kier alpha value is -3.13. The van der Waals surface area contributed by atoms with Crippen molar-refractivity contribution in [2.24, 2.45) is 0 Å². The van der Waals surface area contributed by atoms with Gasteiger partial charge in [-0.1, -0.05) is 41.7 Å². The molecule has 1 atom stereocenters. The van der Waals surface area contributed by atoms with Crippen LogP contribution in [0.2, 0.25) is 0 Å². The number of carbonyl (C=O) groups excluding carboxylic acids is 2. The Kier molecular flexibility index (Phi) is 4.87. The lowest BCUT2D eigenvalue weighted by Crippen LogP contribution is -2.26. The van der Waals surface area contributed by atoms with E-state index < -0.39 is 5.92 Å². The molecule has 1 aliphatic heterocycles. The first-order valence-electron chi connectivity index (χ1n) is 8.74. The number of rotatable bonds is 5. The van der Waals surface area contributed by atoms with Gasteiger partial charge in [0.05, 0.1) is 5.92 Å². The molecule has 0 aliphatic carbocycles. The van der Waals surface area contributed by atoms with E-state index in [0.717, 1.165) is 16.8 Å². The molecule has 0 bridgehead atoms. The molecule has 2 heterocycles. The van der Waals surface area contributed by atoms with Crippen molar-refractivity contribution >= 4 is 34.0 Å². The van der Waals surface area contributed by atoms with Crippen molar-refractivity contribution in [2.45, 2.75) is 18.8 Å². The molecule has 0 spiro atoms. The first-order valence-corrected chi connectivity index (χ1v) is 9.56. The smallest absolute Gasteiger partial charge is 0.234 e. The van der Waals surface area contributed by atoms with Crippen LogP contribution < -0.4 is 10.2 Å². The molecule has 8 heteroatoms. The average Bonchev–Trinajstić information content (AvgIpc) is 3.20. The van der Waals surface area contributed by atoms with Crippen LogP contribution in [0.25, 0.3) is 0 Å². The van der Waals surface area contributed by atoms with E-state index in [9.17, 15) is 14.0 Å². The Balaban J connectivity index is 1.41. The number of carbonyl (C=O) groups is 2. The van der Waals surface area contributed by atoms with Crippen LogP contribution in [-0.2, 0) is 16.0 Å². The lowest BCUT2D eigenvalue weighted by molar-refractivity contribution is -0.123. The topological polar surface area (TPSA) is 75.2 Å². The molecular weight excluding hydrogens is 379 g/mol. The summed E-state index contributed by atoms with van der Waals surface area (Å²) in [5.74, 6) is -1.19. The maximum absolute atomic E-state index is 13.3. The third-order valence-electron chi connectivity index (χ3n) is 4.65. The Bertz CT molecular complexity index is 1050. The molecule has 0 unspecified atom stereocenters. The number of hydrogen-bond acceptors (Lipinski definition) is 5. The summed E-state index contributed by atoms with van der Waals surface area (Å²) < 4.78 is 13.3. The monoisotopic (exact) mass is 396 g/mol. The van der Waals surface area contributed by atoms with E-state index in [2.05, 4.69) is 15.5 Å². The molecule has 142 valence electrons. The summed E-state index contributed by atoms with van der Waals surface area (Å²) >= 11 is 1.23. The highest BCUT2D eigenvalue weighted by Gasteiger charge is 2.36. The largest absolute Gasteiger partial charge is 0.315 e. The zero-order valence-electron chi connectivity index (χ0n) is 15.1. The predicted molar refractivity (Wildman–Crippen MR) is 105 cm³/mol. The number of anilines is 2. The SMILES string of the molecule is CN1C(=O)[C@H](CC(=O)Nc2nnc(Cc3cccc(F)c3)s2)c2ccccc21. The summed E-state index contributed by atoms with van der Waals surface area (Å²) in [5.41, 5.74) is 2.47. The van der Waals surface area contributed by atoms with Crippen LogP contribution in [0.3, 0.4) is 0 Å².